The lowest BCUT2D eigenvalue weighted by molar-refractivity contribution is -0.137. The van der Waals surface area contributed by atoms with Gasteiger partial charge < -0.3 is 5.32 Å². The van der Waals surface area contributed by atoms with Crippen LogP contribution in [0.2, 0.25) is 5.02 Å². The van der Waals surface area contributed by atoms with Gasteiger partial charge >= 0.3 is 6.18 Å². The van der Waals surface area contributed by atoms with Crippen LogP contribution in [-0.2, 0) is 6.18 Å². The van der Waals surface area contributed by atoms with E-state index in [-0.39, 0.29) is 11.4 Å². The Morgan fingerprint density at radius 3 is 2.60 bits per heavy atom. The van der Waals surface area contributed by atoms with Crippen molar-refractivity contribution in [2.45, 2.75) is 13.1 Å². The van der Waals surface area contributed by atoms with Crippen molar-refractivity contribution in [3.63, 3.8) is 0 Å². The first-order chi connectivity index (χ1) is 9.27. The molecule has 2 rings (SSSR count). The summed E-state index contributed by atoms with van der Waals surface area (Å²) >= 11 is 5.49. The van der Waals surface area contributed by atoms with Gasteiger partial charge in [-0.3, -0.25) is 9.89 Å². The van der Waals surface area contributed by atoms with Crippen LogP contribution in [0.5, 0.6) is 0 Å². The van der Waals surface area contributed by atoms with E-state index in [2.05, 4.69) is 15.5 Å². The Labute approximate surface area is 116 Å². The number of H-pyrrole nitrogens is 1. The molecular weight excluding hydrogens is 295 g/mol. The first-order valence-electron chi connectivity index (χ1n) is 5.47. The number of nitrogens with zero attached hydrogens (tertiary/aromatic N) is 1. The number of aromatic amines is 1. The van der Waals surface area contributed by atoms with Crippen molar-refractivity contribution in [2.24, 2.45) is 0 Å². The van der Waals surface area contributed by atoms with Gasteiger partial charge in [-0.15, -0.1) is 0 Å². The van der Waals surface area contributed by atoms with Crippen LogP contribution in [0.1, 0.15) is 21.7 Å². The summed E-state index contributed by atoms with van der Waals surface area (Å²) in [5.74, 6) is -0.607. The van der Waals surface area contributed by atoms with Gasteiger partial charge in [0.15, 0.2) is 5.69 Å². The molecule has 0 saturated carbocycles. The summed E-state index contributed by atoms with van der Waals surface area (Å²) in [6, 6.07) is 4.63. The SMILES string of the molecule is Cc1cc(C(=O)Nc2ccc(Cl)c(C(F)(F)F)c2)n[nH]1. The van der Waals surface area contributed by atoms with E-state index in [1.54, 1.807) is 6.92 Å². The quantitative estimate of drug-likeness (QED) is 0.890. The van der Waals surface area contributed by atoms with Gasteiger partial charge in [0.1, 0.15) is 0 Å². The molecule has 1 amide bonds. The number of aromatic nitrogens is 2. The van der Waals surface area contributed by atoms with Gasteiger partial charge in [0, 0.05) is 11.4 Å². The second kappa shape index (κ2) is 5.16. The molecular formula is C12H9ClF3N3O. The highest BCUT2D eigenvalue weighted by molar-refractivity contribution is 6.31. The molecule has 1 aromatic carbocycles. The number of hydrogen-bond donors (Lipinski definition) is 2. The van der Waals surface area contributed by atoms with Crippen molar-refractivity contribution in [1.29, 1.82) is 0 Å². The maximum atomic E-state index is 12.7. The predicted octanol–water partition coefficient (Wildman–Crippen LogP) is 3.64. The summed E-state index contributed by atoms with van der Waals surface area (Å²) in [5, 5.41) is 8.19. The molecule has 0 aliphatic carbocycles. The standard InChI is InChI=1S/C12H9ClF3N3O/c1-6-4-10(19-18-6)11(20)17-7-2-3-9(13)8(5-7)12(14,15)16/h2-5H,1H3,(H,17,20)(H,18,19). The normalized spacial score (nSPS) is 11.4. The predicted molar refractivity (Wildman–Crippen MR) is 67.7 cm³/mol. The van der Waals surface area contributed by atoms with Gasteiger partial charge in [-0.1, -0.05) is 11.6 Å². The van der Waals surface area contributed by atoms with Crippen molar-refractivity contribution >= 4 is 23.2 Å². The summed E-state index contributed by atoms with van der Waals surface area (Å²) in [7, 11) is 0. The molecule has 0 spiro atoms. The van der Waals surface area contributed by atoms with Crippen molar-refractivity contribution in [3.05, 3.63) is 46.2 Å². The Balaban J connectivity index is 2.24. The number of aryl methyl sites for hydroxylation is 1. The molecule has 0 bridgehead atoms. The minimum Gasteiger partial charge on any atom is -0.321 e. The molecule has 0 fully saturated rings. The van der Waals surface area contributed by atoms with Crippen LogP contribution in [0.3, 0.4) is 0 Å². The number of amides is 1. The van der Waals surface area contributed by atoms with Gasteiger partial charge in [0.05, 0.1) is 10.6 Å². The number of anilines is 1. The highest BCUT2D eigenvalue weighted by Gasteiger charge is 2.33. The fourth-order valence-electron chi connectivity index (χ4n) is 1.55. The van der Waals surface area contributed by atoms with Crippen molar-refractivity contribution < 1.29 is 18.0 Å². The van der Waals surface area contributed by atoms with E-state index in [1.807, 2.05) is 0 Å². The van der Waals surface area contributed by atoms with E-state index in [9.17, 15) is 18.0 Å². The molecule has 4 nitrogen and oxygen atoms in total. The Kier molecular flexibility index (Phi) is 3.71. The minimum atomic E-state index is -4.58. The minimum absolute atomic E-state index is 0.00706. The number of hydrogen-bond acceptors (Lipinski definition) is 2. The van der Waals surface area contributed by atoms with Gasteiger partial charge in [0.2, 0.25) is 0 Å². The molecule has 8 heteroatoms. The second-order valence-corrected chi connectivity index (χ2v) is 4.49. The van der Waals surface area contributed by atoms with Crippen LogP contribution in [0.25, 0.3) is 0 Å². The number of halogens is 4. The molecule has 106 valence electrons. The molecule has 0 aliphatic heterocycles. The van der Waals surface area contributed by atoms with E-state index in [0.29, 0.717) is 5.69 Å². The third kappa shape index (κ3) is 3.11. The van der Waals surface area contributed by atoms with Crippen molar-refractivity contribution in [3.8, 4) is 0 Å². The summed E-state index contributed by atoms with van der Waals surface area (Å²) in [4.78, 5) is 11.8. The lowest BCUT2D eigenvalue weighted by atomic mass is 10.2. The van der Waals surface area contributed by atoms with E-state index < -0.39 is 22.7 Å². The van der Waals surface area contributed by atoms with Gasteiger partial charge in [-0.05, 0) is 31.2 Å². The lowest BCUT2D eigenvalue weighted by Crippen LogP contribution is -2.14. The van der Waals surface area contributed by atoms with E-state index in [0.717, 1.165) is 12.1 Å². The number of alkyl halides is 3. The Bertz CT molecular complexity index is 652. The Hall–Kier alpha value is -2.02. The molecule has 20 heavy (non-hydrogen) atoms. The summed E-state index contributed by atoms with van der Waals surface area (Å²) < 4.78 is 38.0. The highest BCUT2D eigenvalue weighted by atomic mass is 35.5. The number of carbonyl (C=O) groups excluding carboxylic acids is 1. The highest BCUT2D eigenvalue weighted by Crippen LogP contribution is 2.36. The smallest absolute Gasteiger partial charge is 0.321 e. The molecule has 0 atom stereocenters. The van der Waals surface area contributed by atoms with Gasteiger partial charge in [-0.25, -0.2) is 0 Å². The monoisotopic (exact) mass is 303 g/mol. The summed E-state index contributed by atoms with van der Waals surface area (Å²) in [6.07, 6.45) is -4.58. The number of benzene rings is 1. The first-order valence-corrected chi connectivity index (χ1v) is 5.85. The molecule has 2 N–H and O–H groups in total. The van der Waals surface area contributed by atoms with Crippen LogP contribution < -0.4 is 5.32 Å². The molecule has 2 aromatic rings. The first kappa shape index (κ1) is 14.4. The number of rotatable bonds is 2. The molecule has 0 unspecified atom stereocenters. The number of carbonyl (C=O) groups is 1. The van der Waals surface area contributed by atoms with Crippen LogP contribution in [0, 0.1) is 6.92 Å². The third-order valence-electron chi connectivity index (χ3n) is 2.47. The van der Waals surface area contributed by atoms with Crippen molar-refractivity contribution in [2.75, 3.05) is 5.32 Å². The summed E-state index contributed by atoms with van der Waals surface area (Å²) in [6.45, 7) is 1.70. The average molecular weight is 304 g/mol. The van der Waals surface area contributed by atoms with Crippen LogP contribution >= 0.6 is 11.6 Å². The zero-order valence-electron chi connectivity index (χ0n) is 10.2. The fraction of sp³-hybridized carbons (Fsp3) is 0.167. The second-order valence-electron chi connectivity index (χ2n) is 4.08. The van der Waals surface area contributed by atoms with E-state index in [4.69, 9.17) is 11.6 Å². The average Bonchev–Trinajstić information content (AvgIpc) is 2.77. The van der Waals surface area contributed by atoms with Gasteiger partial charge in [-0.2, -0.15) is 18.3 Å². The van der Waals surface area contributed by atoms with Crippen LogP contribution in [-0.4, -0.2) is 16.1 Å². The lowest BCUT2D eigenvalue weighted by Gasteiger charge is -2.11. The largest absolute Gasteiger partial charge is 0.417 e. The Morgan fingerprint density at radius 1 is 1.35 bits per heavy atom. The van der Waals surface area contributed by atoms with Crippen molar-refractivity contribution in [1.82, 2.24) is 10.2 Å². The Morgan fingerprint density at radius 2 is 2.05 bits per heavy atom. The zero-order chi connectivity index (χ0) is 14.9. The van der Waals surface area contributed by atoms with E-state index in [1.165, 1.54) is 12.1 Å². The van der Waals surface area contributed by atoms with Gasteiger partial charge in [0.25, 0.3) is 5.91 Å². The molecule has 1 heterocycles. The third-order valence-corrected chi connectivity index (χ3v) is 2.80. The van der Waals surface area contributed by atoms with Crippen LogP contribution in [0.15, 0.2) is 24.3 Å². The fourth-order valence-corrected chi connectivity index (χ4v) is 1.77. The zero-order valence-corrected chi connectivity index (χ0v) is 10.9. The molecule has 0 aliphatic rings. The topological polar surface area (TPSA) is 57.8 Å². The molecule has 0 saturated heterocycles. The van der Waals surface area contributed by atoms with E-state index >= 15 is 0 Å². The maximum absolute atomic E-state index is 12.7. The molecule has 1 aromatic heterocycles. The summed E-state index contributed by atoms with van der Waals surface area (Å²) in [5.41, 5.74) is -0.254. The maximum Gasteiger partial charge on any atom is 0.417 e. The molecule has 0 radical (unpaired) electrons. The van der Waals surface area contributed by atoms with Crippen LogP contribution in [0.4, 0.5) is 18.9 Å². The number of nitrogens with one attached hydrogen (secondary N) is 2.